The van der Waals surface area contributed by atoms with E-state index in [1.807, 2.05) is 49.4 Å². The Balaban J connectivity index is 1.94. The van der Waals surface area contributed by atoms with Crippen LogP contribution < -0.4 is 10.6 Å². The van der Waals surface area contributed by atoms with E-state index in [9.17, 15) is 9.59 Å². The molecule has 0 bridgehead atoms. The van der Waals surface area contributed by atoms with Crippen molar-refractivity contribution in [2.24, 2.45) is 0 Å². The normalized spacial score (nSPS) is 25.3. The molecule has 1 fully saturated rings. The van der Waals surface area contributed by atoms with Crippen molar-refractivity contribution >= 4 is 29.1 Å². The first-order valence-electron chi connectivity index (χ1n) is 7.99. The molecule has 2 aliphatic rings. The average Bonchev–Trinajstić information content (AvgIpc) is 2.85. The van der Waals surface area contributed by atoms with E-state index in [2.05, 4.69) is 10.6 Å². The van der Waals surface area contributed by atoms with Crippen LogP contribution in [0.15, 0.2) is 42.5 Å². The number of para-hydroxylation sites is 1. The van der Waals surface area contributed by atoms with Gasteiger partial charge < -0.3 is 10.6 Å². The minimum atomic E-state index is -0.792. The molecule has 2 amide bonds. The second-order valence-electron chi connectivity index (χ2n) is 6.47. The Morgan fingerprint density at radius 2 is 1.96 bits per heavy atom. The Labute approximate surface area is 145 Å². The summed E-state index contributed by atoms with van der Waals surface area (Å²) in [5.74, 6) is -0.102. The Morgan fingerprint density at radius 1 is 1.17 bits per heavy atom. The molecule has 0 saturated carbocycles. The molecule has 2 aromatic carbocycles. The summed E-state index contributed by atoms with van der Waals surface area (Å²) in [5, 5.41) is 6.62. The van der Waals surface area contributed by atoms with Crippen molar-refractivity contribution in [3.05, 3.63) is 64.2 Å². The number of hydrogen-bond acceptors (Lipinski definition) is 2. The van der Waals surface area contributed by atoms with Crippen LogP contribution in [-0.4, -0.2) is 11.8 Å². The van der Waals surface area contributed by atoms with Crippen molar-refractivity contribution in [2.45, 2.75) is 31.2 Å². The van der Waals surface area contributed by atoms with Crippen LogP contribution in [0.25, 0.3) is 0 Å². The summed E-state index contributed by atoms with van der Waals surface area (Å²) in [7, 11) is 0. The first kappa shape index (κ1) is 15.2. The van der Waals surface area contributed by atoms with Gasteiger partial charge in [-0.15, -0.1) is 0 Å². The molecule has 122 valence electrons. The lowest BCUT2D eigenvalue weighted by molar-refractivity contribution is -0.130. The maximum absolute atomic E-state index is 13.0. The fraction of sp³-hybridized carbons (Fsp3) is 0.263. The summed E-state index contributed by atoms with van der Waals surface area (Å²) in [6, 6.07) is 12.9. The lowest BCUT2D eigenvalue weighted by Crippen LogP contribution is -2.52. The van der Waals surface area contributed by atoms with Crippen LogP contribution in [0.5, 0.6) is 0 Å². The Hall–Kier alpha value is -2.33. The van der Waals surface area contributed by atoms with Crippen molar-refractivity contribution in [3.63, 3.8) is 0 Å². The standard InChI is InChI=1S/C19H17ClN2O2/c1-11-6-7-12(20)10-13(11)17-19(9-8-16(23)22-17)14-4-2-3-5-15(14)21-18(19)24/h2-7,10,17H,8-9H2,1H3,(H,21,24)(H,22,23). The first-order valence-corrected chi connectivity index (χ1v) is 8.36. The predicted octanol–water partition coefficient (Wildman–Crippen LogP) is 3.49. The van der Waals surface area contributed by atoms with E-state index in [0.29, 0.717) is 17.9 Å². The molecule has 1 spiro atoms. The molecule has 0 aromatic heterocycles. The molecule has 4 nitrogen and oxygen atoms in total. The van der Waals surface area contributed by atoms with E-state index in [1.54, 1.807) is 0 Å². The summed E-state index contributed by atoms with van der Waals surface area (Å²) in [4.78, 5) is 25.1. The number of nitrogens with one attached hydrogen (secondary N) is 2. The molecule has 0 radical (unpaired) electrons. The highest BCUT2D eigenvalue weighted by atomic mass is 35.5. The van der Waals surface area contributed by atoms with Gasteiger partial charge in [-0.2, -0.15) is 0 Å². The third-order valence-corrected chi connectivity index (χ3v) is 5.39. The van der Waals surface area contributed by atoms with Crippen molar-refractivity contribution in [3.8, 4) is 0 Å². The van der Waals surface area contributed by atoms with E-state index in [-0.39, 0.29) is 11.8 Å². The number of amides is 2. The Bertz CT molecular complexity index is 864. The van der Waals surface area contributed by atoms with Gasteiger partial charge in [-0.25, -0.2) is 0 Å². The van der Waals surface area contributed by atoms with Crippen LogP contribution in [0, 0.1) is 6.92 Å². The maximum atomic E-state index is 13.0. The molecule has 1 saturated heterocycles. The van der Waals surface area contributed by atoms with Crippen LogP contribution >= 0.6 is 11.6 Å². The molecule has 2 aromatic rings. The number of piperidine rings is 1. The van der Waals surface area contributed by atoms with Crippen LogP contribution in [0.4, 0.5) is 5.69 Å². The smallest absolute Gasteiger partial charge is 0.237 e. The van der Waals surface area contributed by atoms with E-state index >= 15 is 0 Å². The van der Waals surface area contributed by atoms with Gasteiger partial charge >= 0.3 is 0 Å². The van der Waals surface area contributed by atoms with Crippen LogP contribution in [-0.2, 0) is 15.0 Å². The number of carbonyl (C=O) groups is 2. The number of hydrogen-bond donors (Lipinski definition) is 2. The zero-order valence-corrected chi connectivity index (χ0v) is 14.0. The van der Waals surface area contributed by atoms with Gasteiger partial charge in [-0.3, -0.25) is 9.59 Å². The molecular weight excluding hydrogens is 324 g/mol. The van der Waals surface area contributed by atoms with Gasteiger partial charge in [0.05, 0.1) is 6.04 Å². The van der Waals surface area contributed by atoms with Crippen LogP contribution in [0.3, 0.4) is 0 Å². The second kappa shape index (κ2) is 5.35. The average molecular weight is 341 g/mol. The van der Waals surface area contributed by atoms with Gasteiger partial charge in [0.1, 0.15) is 5.41 Å². The SMILES string of the molecule is Cc1ccc(Cl)cc1C1NC(=O)CCC12C(=O)Nc1ccccc12. The fourth-order valence-electron chi connectivity index (χ4n) is 3.95. The summed E-state index contributed by atoms with van der Waals surface area (Å²) in [6.07, 6.45) is 0.816. The molecule has 24 heavy (non-hydrogen) atoms. The van der Waals surface area contributed by atoms with Gasteiger partial charge in [0.25, 0.3) is 0 Å². The monoisotopic (exact) mass is 340 g/mol. The molecule has 2 N–H and O–H groups in total. The van der Waals surface area contributed by atoms with Gasteiger partial charge in [0, 0.05) is 17.1 Å². The summed E-state index contributed by atoms with van der Waals surface area (Å²) in [6.45, 7) is 1.97. The highest BCUT2D eigenvalue weighted by Crippen LogP contribution is 2.51. The van der Waals surface area contributed by atoms with E-state index in [1.165, 1.54) is 0 Å². The zero-order chi connectivity index (χ0) is 16.9. The second-order valence-corrected chi connectivity index (χ2v) is 6.91. The lowest BCUT2D eigenvalue weighted by Gasteiger charge is -2.41. The summed E-state index contributed by atoms with van der Waals surface area (Å²) in [5.41, 5.74) is 2.87. The van der Waals surface area contributed by atoms with Gasteiger partial charge in [-0.1, -0.05) is 35.9 Å². The van der Waals surface area contributed by atoms with Gasteiger partial charge in [0.15, 0.2) is 0 Å². The Kier molecular flexibility index (Phi) is 3.39. The fourth-order valence-corrected chi connectivity index (χ4v) is 4.13. The number of rotatable bonds is 1. The van der Waals surface area contributed by atoms with Crippen LogP contribution in [0.2, 0.25) is 5.02 Å². The largest absolute Gasteiger partial charge is 0.348 e. The number of fused-ring (bicyclic) bond motifs is 2. The van der Waals surface area contributed by atoms with Crippen molar-refractivity contribution in [1.82, 2.24) is 5.32 Å². The highest BCUT2D eigenvalue weighted by Gasteiger charge is 2.55. The predicted molar refractivity (Wildman–Crippen MR) is 93.1 cm³/mol. The van der Waals surface area contributed by atoms with E-state index in [0.717, 1.165) is 22.4 Å². The van der Waals surface area contributed by atoms with Crippen molar-refractivity contribution < 1.29 is 9.59 Å². The summed E-state index contributed by atoms with van der Waals surface area (Å²) < 4.78 is 0. The van der Waals surface area contributed by atoms with Crippen LogP contribution in [0.1, 0.15) is 35.6 Å². The summed E-state index contributed by atoms with van der Waals surface area (Å²) >= 11 is 6.19. The number of carbonyl (C=O) groups excluding carboxylic acids is 2. The molecular formula is C19H17ClN2O2. The number of aryl methyl sites for hydroxylation is 1. The van der Waals surface area contributed by atoms with E-state index in [4.69, 9.17) is 11.6 Å². The van der Waals surface area contributed by atoms with Gasteiger partial charge in [-0.05, 0) is 48.2 Å². The first-order chi connectivity index (χ1) is 11.5. The molecule has 2 atom stereocenters. The maximum Gasteiger partial charge on any atom is 0.237 e. The number of anilines is 1. The minimum absolute atomic E-state index is 0.0396. The lowest BCUT2D eigenvalue weighted by atomic mass is 9.67. The molecule has 4 rings (SSSR count). The third kappa shape index (κ3) is 2.06. The highest BCUT2D eigenvalue weighted by molar-refractivity contribution is 6.30. The molecule has 2 heterocycles. The molecule has 2 aliphatic heterocycles. The topological polar surface area (TPSA) is 58.2 Å². The third-order valence-electron chi connectivity index (χ3n) is 5.16. The minimum Gasteiger partial charge on any atom is -0.348 e. The number of benzene rings is 2. The van der Waals surface area contributed by atoms with Crippen molar-refractivity contribution in [2.75, 3.05) is 5.32 Å². The van der Waals surface area contributed by atoms with Crippen molar-refractivity contribution in [1.29, 1.82) is 0 Å². The number of halogens is 1. The zero-order valence-electron chi connectivity index (χ0n) is 13.2. The van der Waals surface area contributed by atoms with Gasteiger partial charge in [0.2, 0.25) is 11.8 Å². The molecule has 0 aliphatic carbocycles. The molecule has 5 heteroatoms. The van der Waals surface area contributed by atoms with E-state index < -0.39 is 11.5 Å². The quantitative estimate of drug-likeness (QED) is 0.835. The molecule has 2 unspecified atom stereocenters. The Morgan fingerprint density at radius 3 is 2.79 bits per heavy atom.